The minimum atomic E-state index is -1.84. The Morgan fingerprint density at radius 2 is 1.64 bits per heavy atom. The van der Waals surface area contributed by atoms with Gasteiger partial charge in [0, 0.05) is 56.7 Å². The molecule has 414 valence electrons. The lowest BCUT2D eigenvalue weighted by atomic mass is 9.77. The van der Waals surface area contributed by atoms with E-state index in [2.05, 4.69) is 0 Å². The van der Waals surface area contributed by atoms with E-state index in [0.29, 0.717) is 29.4 Å². The minimum Gasteiger partial charge on any atom is -0.477 e. The highest BCUT2D eigenvalue weighted by molar-refractivity contribution is 5.93. The van der Waals surface area contributed by atoms with Crippen molar-refractivity contribution in [2.24, 2.45) is 24.8 Å². The minimum absolute atomic E-state index is 0.157. The molecule has 5 N–H and O–H groups in total. The predicted octanol–water partition coefficient (Wildman–Crippen LogP) is 4.21. The summed E-state index contributed by atoms with van der Waals surface area (Å²) in [6, 6.07) is 4.38. The van der Waals surface area contributed by atoms with Crippen molar-refractivity contribution in [1.29, 1.82) is 0 Å². The SMILES string of the molecule is CC[C@H]1OC(=O)[C@H](C)[C@@H](OC2C[C@@](C)(OC)[C@@H](OCCOCC=Cc3ccc4c(c3)c(=O)c(C(=O)O)cn4C)[C@H](C)O2)[C@H](C)[C@@H](O[C@@H]2O[C@H](C)C[C@H](N(C)C)[C@H]2O)[C@](C)(O)C[C@@H](C)CN(C)[C@H](C)[C@H](O)[C@]1(C)O. The number of methoxy groups -OCH3 is 1. The molecular formula is C54H87N3O16. The third-order valence-electron chi connectivity index (χ3n) is 15.7. The molecule has 18 atom stereocenters. The predicted molar refractivity (Wildman–Crippen MR) is 274 cm³/mol. The maximum Gasteiger partial charge on any atom is 0.341 e. The summed E-state index contributed by atoms with van der Waals surface area (Å²) < 4.78 is 52.8. The zero-order valence-corrected chi connectivity index (χ0v) is 45.8. The number of carboxylic acid groups (broad SMARTS) is 1. The fourth-order valence-electron chi connectivity index (χ4n) is 11.4. The van der Waals surface area contributed by atoms with Gasteiger partial charge < -0.3 is 77.8 Å². The third kappa shape index (κ3) is 14.2. The Hall–Kier alpha value is -3.41. The van der Waals surface area contributed by atoms with E-state index in [1.54, 1.807) is 70.7 Å². The van der Waals surface area contributed by atoms with Crippen molar-refractivity contribution < 1.29 is 73.0 Å². The van der Waals surface area contributed by atoms with Gasteiger partial charge in [0.05, 0.1) is 66.9 Å². The van der Waals surface area contributed by atoms with E-state index in [1.165, 1.54) is 13.1 Å². The highest BCUT2D eigenvalue weighted by Crippen LogP contribution is 2.41. The number of likely N-dealkylation sites (N-methyl/N-ethyl adjacent to an activating group) is 2. The molecule has 4 heterocycles. The summed E-state index contributed by atoms with van der Waals surface area (Å²) in [6.45, 7) is 18.9. The maximum atomic E-state index is 14.6. The number of aryl methyl sites for hydroxylation is 1. The van der Waals surface area contributed by atoms with Gasteiger partial charge in [0.25, 0.3) is 0 Å². The molecule has 2 aromatic rings. The zero-order valence-electron chi connectivity index (χ0n) is 45.8. The van der Waals surface area contributed by atoms with Gasteiger partial charge in [-0.3, -0.25) is 9.59 Å². The average molecular weight is 1030 g/mol. The first-order chi connectivity index (χ1) is 34.1. The normalized spacial score (nSPS) is 38.8. The molecule has 3 aliphatic heterocycles. The first-order valence-corrected chi connectivity index (χ1v) is 25.9. The summed E-state index contributed by atoms with van der Waals surface area (Å²) >= 11 is 0. The Kier molecular flexibility index (Phi) is 20.8. The Bertz CT molecular complexity index is 2240. The Morgan fingerprint density at radius 1 is 0.959 bits per heavy atom. The number of ether oxygens (including phenoxy) is 8. The molecule has 3 aliphatic rings. The van der Waals surface area contributed by atoms with E-state index in [9.17, 15) is 39.9 Å². The number of aliphatic hydroxyl groups excluding tert-OH is 2. The van der Waals surface area contributed by atoms with Crippen molar-refractivity contribution in [3.05, 3.63) is 51.8 Å². The van der Waals surface area contributed by atoms with Gasteiger partial charge in [-0.15, -0.1) is 0 Å². The van der Waals surface area contributed by atoms with Gasteiger partial charge >= 0.3 is 11.9 Å². The van der Waals surface area contributed by atoms with Crippen LogP contribution in [0.25, 0.3) is 17.0 Å². The number of carbonyl (C=O) groups is 2. The van der Waals surface area contributed by atoms with E-state index < -0.39 is 107 Å². The summed E-state index contributed by atoms with van der Waals surface area (Å²) in [5.74, 6) is -4.03. The molecule has 73 heavy (non-hydrogen) atoms. The van der Waals surface area contributed by atoms with Crippen LogP contribution in [0.1, 0.15) is 111 Å². The fourth-order valence-corrected chi connectivity index (χ4v) is 11.4. The zero-order chi connectivity index (χ0) is 54.5. The van der Waals surface area contributed by atoms with Gasteiger partial charge in [0.1, 0.15) is 35.6 Å². The molecule has 0 aliphatic carbocycles. The molecule has 0 radical (unpaired) electrons. The lowest BCUT2D eigenvalue weighted by Crippen LogP contribution is -2.61. The number of fused-ring (bicyclic) bond motifs is 1. The molecule has 19 nitrogen and oxygen atoms in total. The van der Waals surface area contributed by atoms with E-state index in [-0.39, 0.29) is 62.7 Å². The number of aliphatic hydroxyl groups is 4. The molecule has 3 saturated heterocycles. The van der Waals surface area contributed by atoms with Crippen molar-refractivity contribution in [2.75, 3.05) is 54.6 Å². The number of esters is 1. The number of hydrogen-bond donors (Lipinski definition) is 5. The fraction of sp³-hybridized carbons (Fsp3) is 0.759. The topological polar surface area (TPSA) is 238 Å². The van der Waals surface area contributed by atoms with Crippen LogP contribution in [0.5, 0.6) is 0 Å². The van der Waals surface area contributed by atoms with Gasteiger partial charge in [-0.1, -0.05) is 39.0 Å². The number of pyridine rings is 1. The van der Waals surface area contributed by atoms with E-state index in [4.69, 9.17) is 37.9 Å². The molecule has 0 spiro atoms. The smallest absolute Gasteiger partial charge is 0.341 e. The summed E-state index contributed by atoms with van der Waals surface area (Å²) in [5, 5.41) is 57.8. The van der Waals surface area contributed by atoms with Crippen LogP contribution in [0.2, 0.25) is 0 Å². The molecule has 1 unspecified atom stereocenters. The van der Waals surface area contributed by atoms with Gasteiger partial charge in [-0.25, -0.2) is 4.79 Å². The highest BCUT2D eigenvalue weighted by atomic mass is 16.7. The third-order valence-corrected chi connectivity index (χ3v) is 15.7. The van der Waals surface area contributed by atoms with Crippen LogP contribution < -0.4 is 5.43 Å². The summed E-state index contributed by atoms with van der Waals surface area (Å²) in [7, 11) is 8.87. The van der Waals surface area contributed by atoms with E-state index >= 15 is 0 Å². The van der Waals surface area contributed by atoms with Crippen molar-refractivity contribution in [2.45, 2.75) is 185 Å². The van der Waals surface area contributed by atoms with Gasteiger partial charge in [0.2, 0.25) is 5.43 Å². The molecule has 1 aromatic carbocycles. The Labute approximate surface area is 431 Å². The van der Waals surface area contributed by atoms with Crippen LogP contribution in [-0.2, 0) is 49.7 Å². The molecule has 0 bridgehead atoms. The Morgan fingerprint density at radius 3 is 2.27 bits per heavy atom. The monoisotopic (exact) mass is 1030 g/mol. The molecule has 0 saturated carbocycles. The summed E-state index contributed by atoms with van der Waals surface area (Å²) in [6.07, 6.45) is -3.26. The van der Waals surface area contributed by atoms with Crippen molar-refractivity contribution in [1.82, 2.24) is 14.4 Å². The number of hydrogen-bond acceptors (Lipinski definition) is 17. The van der Waals surface area contributed by atoms with Gasteiger partial charge in [0.15, 0.2) is 12.6 Å². The van der Waals surface area contributed by atoms with Crippen molar-refractivity contribution in [3.63, 3.8) is 0 Å². The van der Waals surface area contributed by atoms with Crippen LogP contribution in [0, 0.1) is 17.8 Å². The molecule has 3 fully saturated rings. The molecule has 5 rings (SSSR count). The molecule has 19 heteroatoms. The van der Waals surface area contributed by atoms with E-state index in [0.717, 1.165) is 0 Å². The maximum absolute atomic E-state index is 14.6. The van der Waals surface area contributed by atoms with Gasteiger partial charge in [-0.05, 0) is 112 Å². The number of aromatic carboxylic acids is 1. The van der Waals surface area contributed by atoms with Crippen LogP contribution in [0.4, 0.5) is 0 Å². The number of nitrogens with zero attached hydrogens (tertiary/aromatic N) is 3. The number of benzene rings is 1. The van der Waals surface area contributed by atoms with Crippen molar-refractivity contribution >= 4 is 28.9 Å². The lowest BCUT2D eigenvalue weighted by Gasteiger charge is -2.49. The highest BCUT2D eigenvalue weighted by Gasteiger charge is 2.53. The standard InChI is InChI=1S/C54H87N3O16/c1-16-41-54(10,65)46(60)34(6)56(13)28-30(2)26-52(8,64)47(73-51-44(59)40(55(11)12)24-31(3)69-51)32(4)45(33(5)50(63)71-41)72-42-27-53(9,66-15)48(35(7)70-42)68-23-22-67-21-17-18-36-19-20-39-37(25-36)43(58)38(49(61)62)29-57(39)14/h17-20,25,29-35,40-42,44-48,51,59-60,64-65H,16,21-24,26-28H2,1-15H3,(H,61,62)/t30-,31-,32+,33-,34-,35+,40+,41-,42?,44-,45+,46+,47-,48+,51+,52-,53-,54-/m1/s1. The number of rotatable bonds is 15. The second-order valence-corrected chi connectivity index (χ2v) is 22.1. The Balaban J connectivity index is 1.37. The van der Waals surface area contributed by atoms with Crippen LogP contribution >= 0.6 is 0 Å². The second kappa shape index (κ2) is 25.2. The number of aromatic nitrogens is 1. The average Bonchev–Trinajstić information content (AvgIpc) is 3.32. The molecule has 0 amide bonds. The lowest BCUT2D eigenvalue weighted by molar-refractivity contribution is -0.321. The van der Waals surface area contributed by atoms with E-state index in [1.807, 2.05) is 71.6 Å². The molecule has 1 aromatic heterocycles. The van der Waals surface area contributed by atoms with Gasteiger partial charge in [-0.2, -0.15) is 0 Å². The van der Waals surface area contributed by atoms with Crippen molar-refractivity contribution in [3.8, 4) is 0 Å². The summed E-state index contributed by atoms with van der Waals surface area (Å²) in [5.41, 5.74) is -3.95. The first kappa shape index (κ1) is 60.5. The first-order valence-electron chi connectivity index (χ1n) is 25.9. The van der Waals surface area contributed by atoms with Crippen LogP contribution in [-0.4, -0.2) is 197 Å². The quantitative estimate of drug-likeness (QED) is 0.124. The van der Waals surface area contributed by atoms with Crippen LogP contribution in [0.3, 0.4) is 0 Å². The van der Waals surface area contributed by atoms with Crippen LogP contribution in [0.15, 0.2) is 35.3 Å². The second-order valence-electron chi connectivity index (χ2n) is 22.1. The largest absolute Gasteiger partial charge is 0.477 e. The number of carboxylic acids is 1. The number of cyclic esters (lactones) is 1. The molecular weight excluding hydrogens is 947 g/mol. The summed E-state index contributed by atoms with van der Waals surface area (Å²) in [4.78, 5) is 42.9. The number of carbonyl (C=O) groups excluding carboxylic acids is 1.